The van der Waals surface area contributed by atoms with Crippen molar-refractivity contribution >= 4 is 16.0 Å². The molecule has 0 aromatic heterocycles. The van der Waals surface area contributed by atoms with Gasteiger partial charge in [0.05, 0.1) is 18.0 Å². The molecule has 0 N–H and O–H groups in total. The minimum absolute atomic E-state index is 0.192. The van der Waals surface area contributed by atoms with Crippen LogP contribution in [-0.4, -0.2) is 38.4 Å². The summed E-state index contributed by atoms with van der Waals surface area (Å²) in [6.45, 7) is 6.03. The summed E-state index contributed by atoms with van der Waals surface area (Å²) in [5, 5.41) is 0. The molecule has 1 aliphatic rings. The van der Waals surface area contributed by atoms with Gasteiger partial charge in [-0.05, 0) is 31.9 Å². The third kappa shape index (κ3) is 3.23. The molecule has 0 aliphatic carbocycles. The highest BCUT2D eigenvalue weighted by molar-refractivity contribution is 7.89. The van der Waals surface area contributed by atoms with E-state index in [9.17, 15) is 13.2 Å². The Hall–Kier alpha value is -1.66. The molecule has 1 aliphatic heterocycles. The first-order valence-electron chi connectivity index (χ1n) is 7.23. The maximum absolute atomic E-state index is 12.9. The van der Waals surface area contributed by atoms with Crippen LogP contribution in [0.5, 0.6) is 0 Å². The molecule has 0 spiro atoms. The molecule has 1 fully saturated rings. The lowest BCUT2D eigenvalue weighted by atomic mass is 9.98. The number of piperidine rings is 1. The van der Waals surface area contributed by atoms with Gasteiger partial charge in [-0.25, -0.2) is 13.2 Å². The molecule has 1 atom stereocenters. The van der Waals surface area contributed by atoms with Gasteiger partial charge in [-0.15, -0.1) is 0 Å². The van der Waals surface area contributed by atoms with Crippen molar-refractivity contribution in [2.75, 3.05) is 13.7 Å². The van der Waals surface area contributed by atoms with Crippen molar-refractivity contribution in [3.8, 4) is 0 Å². The minimum atomic E-state index is -3.65. The molecule has 6 heteroatoms. The molecule has 120 valence electrons. The van der Waals surface area contributed by atoms with Crippen LogP contribution in [0.2, 0.25) is 0 Å². The maximum Gasteiger partial charge on any atom is 0.334 e. The first kappa shape index (κ1) is 16.7. The smallest absolute Gasteiger partial charge is 0.334 e. The number of hydrogen-bond acceptors (Lipinski definition) is 4. The topological polar surface area (TPSA) is 63.7 Å². The van der Waals surface area contributed by atoms with Crippen LogP contribution in [0.3, 0.4) is 0 Å². The number of esters is 1. The first-order chi connectivity index (χ1) is 10.4. The van der Waals surface area contributed by atoms with Gasteiger partial charge in [-0.2, -0.15) is 4.31 Å². The fraction of sp³-hybridized carbons (Fsp3) is 0.438. The highest BCUT2D eigenvalue weighted by Gasteiger charge is 2.37. The molecular formula is C16H21NO4S. The SMILES string of the molecule is C=C(C(=O)OC)C1CCCCN1S(=O)(=O)c1ccc(C)cc1. The number of carbonyl (C=O) groups excluding carboxylic acids is 1. The summed E-state index contributed by atoms with van der Waals surface area (Å²) in [7, 11) is -2.38. The van der Waals surface area contributed by atoms with Crippen LogP contribution in [0.4, 0.5) is 0 Å². The Kier molecular flexibility index (Phi) is 5.03. The number of aryl methyl sites for hydroxylation is 1. The van der Waals surface area contributed by atoms with Crippen molar-refractivity contribution in [2.24, 2.45) is 0 Å². The van der Waals surface area contributed by atoms with Crippen LogP contribution in [-0.2, 0) is 19.6 Å². The second-order valence-electron chi connectivity index (χ2n) is 5.46. The Morgan fingerprint density at radius 2 is 1.91 bits per heavy atom. The van der Waals surface area contributed by atoms with E-state index >= 15 is 0 Å². The Bertz CT molecular complexity index is 664. The first-order valence-corrected chi connectivity index (χ1v) is 8.67. The lowest BCUT2D eigenvalue weighted by Crippen LogP contribution is -2.45. The third-order valence-corrected chi connectivity index (χ3v) is 5.85. The van der Waals surface area contributed by atoms with Crippen LogP contribution < -0.4 is 0 Å². The Morgan fingerprint density at radius 3 is 2.50 bits per heavy atom. The van der Waals surface area contributed by atoms with E-state index in [1.165, 1.54) is 11.4 Å². The molecule has 1 unspecified atom stereocenters. The van der Waals surface area contributed by atoms with Crippen molar-refractivity contribution in [1.82, 2.24) is 4.31 Å². The van der Waals surface area contributed by atoms with E-state index in [0.717, 1.165) is 18.4 Å². The van der Waals surface area contributed by atoms with Crippen LogP contribution in [0.15, 0.2) is 41.3 Å². The number of carbonyl (C=O) groups is 1. The molecule has 0 bridgehead atoms. The molecule has 0 saturated carbocycles. The number of nitrogens with zero attached hydrogens (tertiary/aromatic N) is 1. The van der Waals surface area contributed by atoms with Gasteiger partial charge in [0.25, 0.3) is 0 Å². The molecule has 1 saturated heterocycles. The van der Waals surface area contributed by atoms with Crippen molar-refractivity contribution in [2.45, 2.75) is 37.1 Å². The van der Waals surface area contributed by atoms with Gasteiger partial charge in [-0.1, -0.05) is 30.7 Å². The molecule has 5 nitrogen and oxygen atoms in total. The fourth-order valence-corrected chi connectivity index (χ4v) is 4.34. The van der Waals surface area contributed by atoms with Gasteiger partial charge < -0.3 is 4.74 Å². The van der Waals surface area contributed by atoms with Crippen molar-refractivity contribution in [3.05, 3.63) is 42.0 Å². The summed E-state index contributed by atoms with van der Waals surface area (Å²) in [6, 6.07) is 6.18. The molecule has 1 heterocycles. The zero-order valence-corrected chi connectivity index (χ0v) is 13.7. The quantitative estimate of drug-likeness (QED) is 0.630. The summed E-state index contributed by atoms with van der Waals surface area (Å²) < 4.78 is 31.8. The van der Waals surface area contributed by atoms with Crippen molar-refractivity contribution < 1.29 is 17.9 Å². The van der Waals surface area contributed by atoms with Gasteiger partial charge in [0.1, 0.15) is 0 Å². The molecular weight excluding hydrogens is 302 g/mol. The number of benzene rings is 1. The molecule has 2 rings (SSSR count). The molecule has 22 heavy (non-hydrogen) atoms. The van der Waals surface area contributed by atoms with Gasteiger partial charge in [0, 0.05) is 12.1 Å². The van der Waals surface area contributed by atoms with Gasteiger partial charge in [0.2, 0.25) is 10.0 Å². The highest BCUT2D eigenvalue weighted by atomic mass is 32.2. The van der Waals surface area contributed by atoms with Crippen molar-refractivity contribution in [1.29, 1.82) is 0 Å². The summed E-state index contributed by atoms with van der Waals surface area (Å²) in [6.07, 6.45) is 2.22. The monoisotopic (exact) mass is 323 g/mol. The van der Waals surface area contributed by atoms with Crippen LogP contribution >= 0.6 is 0 Å². The predicted octanol–water partition coefficient (Wildman–Crippen LogP) is 2.27. The number of hydrogen-bond donors (Lipinski definition) is 0. The van der Waals surface area contributed by atoms with Crippen LogP contribution in [0.25, 0.3) is 0 Å². The second kappa shape index (κ2) is 6.62. The Morgan fingerprint density at radius 1 is 1.27 bits per heavy atom. The van der Waals surface area contributed by atoms with Crippen LogP contribution in [0, 0.1) is 6.92 Å². The van der Waals surface area contributed by atoms with E-state index < -0.39 is 22.0 Å². The second-order valence-corrected chi connectivity index (χ2v) is 7.35. The summed E-state index contributed by atoms with van der Waals surface area (Å²) in [5.41, 5.74) is 1.19. The fourth-order valence-electron chi connectivity index (χ4n) is 2.65. The zero-order valence-electron chi connectivity index (χ0n) is 12.9. The molecule has 1 aromatic carbocycles. The third-order valence-electron chi connectivity index (χ3n) is 3.93. The molecule has 1 aromatic rings. The van der Waals surface area contributed by atoms with E-state index in [1.807, 2.05) is 6.92 Å². The van der Waals surface area contributed by atoms with Gasteiger partial charge in [0.15, 0.2) is 0 Å². The van der Waals surface area contributed by atoms with Crippen molar-refractivity contribution in [3.63, 3.8) is 0 Å². The summed E-state index contributed by atoms with van der Waals surface area (Å²) in [4.78, 5) is 12.0. The highest BCUT2D eigenvalue weighted by Crippen LogP contribution is 2.29. The molecule has 0 amide bonds. The summed E-state index contributed by atoms with van der Waals surface area (Å²) >= 11 is 0. The number of ether oxygens (including phenoxy) is 1. The standard InChI is InChI=1S/C16H21NO4S/c1-12-7-9-14(10-8-12)22(19,20)17-11-5-4-6-15(17)13(2)16(18)21-3/h7-10,15H,2,4-6,11H2,1,3H3. The number of rotatable bonds is 4. The Labute approximate surface area is 131 Å². The zero-order chi connectivity index (χ0) is 16.3. The van der Waals surface area contributed by atoms with Crippen LogP contribution in [0.1, 0.15) is 24.8 Å². The lowest BCUT2D eigenvalue weighted by molar-refractivity contribution is -0.136. The van der Waals surface area contributed by atoms with E-state index in [2.05, 4.69) is 11.3 Å². The number of sulfonamides is 1. The average molecular weight is 323 g/mol. The lowest BCUT2D eigenvalue weighted by Gasteiger charge is -2.35. The number of methoxy groups -OCH3 is 1. The molecule has 0 radical (unpaired) electrons. The van der Waals surface area contributed by atoms with E-state index in [4.69, 9.17) is 0 Å². The average Bonchev–Trinajstić information content (AvgIpc) is 2.53. The largest absolute Gasteiger partial charge is 0.466 e. The van der Waals surface area contributed by atoms with Gasteiger partial charge in [-0.3, -0.25) is 0 Å². The van der Waals surface area contributed by atoms with E-state index in [0.29, 0.717) is 13.0 Å². The minimum Gasteiger partial charge on any atom is -0.466 e. The van der Waals surface area contributed by atoms with Gasteiger partial charge >= 0.3 is 5.97 Å². The maximum atomic E-state index is 12.9. The Balaban J connectivity index is 2.36. The van der Waals surface area contributed by atoms with E-state index in [1.54, 1.807) is 24.3 Å². The normalized spacial score (nSPS) is 19.6. The summed E-state index contributed by atoms with van der Waals surface area (Å²) in [5.74, 6) is -0.559. The predicted molar refractivity (Wildman–Crippen MR) is 83.9 cm³/mol. The van der Waals surface area contributed by atoms with E-state index in [-0.39, 0.29) is 10.5 Å².